The van der Waals surface area contributed by atoms with Gasteiger partial charge in [0.25, 0.3) is 5.72 Å². The minimum Gasteiger partial charge on any atom is -0.462 e. The van der Waals surface area contributed by atoms with Crippen LogP contribution in [0.15, 0.2) is 53.5 Å². The van der Waals surface area contributed by atoms with E-state index in [1.807, 2.05) is 43.5 Å². The zero-order chi connectivity index (χ0) is 20.4. The molecule has 4 heterocycles. The zero-order valence-electron chi connectivity index (χ0n) is 17.3. The van der Waals surface area contributed by atoms with Gasteiger partial charge in [0.15, 0.2) is 0 Å². The second-order valence-electron chi connectivity index (χ2n) is 7.97. The van der Waals surface area contributed by atoms with E-state index in [2.05, 4.69) is 16.4 Å². The average molecular weight is 406 g/mol. The van der Waals surface area contributed by atoms with E-state index in [0.29, 0.717) is 13.2 Å². The molecule has 1 N–H and O–H groups in total. The molecule has 2 aromatic rings. The van der Waals surface area contributed by atoms with Crippen LogP contribution >= 0.6 is 0 Å². The molecule has 7 nitrogen and oxygen atoms in total. The van der Waals surface area contributed by atoms with Crippen LogP contribution in [-0.2, 0) is 15.2 Å². The molecule has 0 aliphatic carbocycles. The molecule has 1 aromatic carbocycles. The summed E-state index contributed by atoms with van der Waals surface area (Å²) in [5.41, 5.74) is 7.73. The van der Waals surface area contributed by atoms with E-state index in [4.69, 9.17) is 24.5 Å². The van der Waals surface area contributed by atoms with E-state index in [0.717, 1.165) is 59.8 Å². The Morgan fingerprint density at radius 2 is 1.80 bits per heavy atom. The third-order valence-electron chi connectivity index (χ3n) is 5.87. The van der Waals surface area contributed by atoms with Gasteiger partial charge in [0.2, 0.25) is 0 Å². The van der Waals surface area contributed by atoms with E-state index >= 15 is 0 Å². The first kappa shape index (κ1) is 19.1. The van der Waals surface area contributed by atoms with Gasteiger partial charge >= 0.3 is 0 Å². The first-order valence-corrected chi connectivity index (χ1v) is 10.7. The highest BCUT2D eigenvalue weighted by molar-refractivity contribution is 5.85. The second kappa shape index (κ2) is 8.07. The normalized spacial score (nSPS) is 24.0. The maximum absolute atomic E-state index is 6.36. The first-order valence-electron chi connectivity index (χ1n) is 10.7. The minimum atomic E-state index is -0.990. The number of ether oxygens (including phenoxy) is 2. The maximum Gasteiger partial charge on any atom is 0.259 e. The predicted octanol–water partition coefficient (Wildman–Crippen LogP) is 3.37. The third kappa shape index (κ3) is 3.65. The molecule has 0 amide bonds. The van der Waals surface area contributed by atoms with Crippen molar-refractivity contribution in [2.24, 2.45) is 5.10 Å². The van der Waals surface area contributed by atoms with E-state index in [1.165, 1.54) is 12.8 Å². The summed E-state index contributed by atoms with van der Waals surface area (Å²) >= 11 is 0. The Labute approximate surface area is 176 Å². The van der Waals surface area contributed by atoms with Crippen molar-refractivity contribution in [1.82, 2.24) is 20.3 Å². The molecule has 2 fully saturated rings. The van der Waals surface area contributed by atoms with Gasteiger partial charge < -0.3 is 14.4 Å². The number of aromatic nitrogens is 2. The fourth-order valence-corrected chi connectivity index (χ4v) is 4.16. The van der Waals surface area contributed by atoms with Gasteiger partial charge in [-0.15, -0.1) is 0 Å². The largest absolute Gasteiger partial charge is 0.462 e. The van der Waals surface area contributed by atoms with Gasteiger partial charge in [0, 0.05) is 31.6 Å². The van der Waals surface area contributed by atoms with Crippen LogP contribution in [0.2, 0.25) is 0 Å². The summed E-state index contributed by atoms with van der Waals surface area (Å²) in [4.78, 5) is 12.0. The van der Waals surface area contributed by atoms with E-state index in [9.17, 15) is 0 Å². The molecular weight excluding hydrogens is 378 g/mol. The lowest BCUT2D eigenvalue weighted by atomic mass is 10.0. The van der Waals surface area contributed by atoms with Crippen LogP contribution in [0.5, 0.6) is 0 Å². The van der Waals surface area contributed by atoms with Crippen molar-refractivity contribution in [2.45, 2.75) is 38.3 Å². The molecule has 3 aliphatic rings. The Morgan fingerprint density at radius 1 is 1.07 bits per heavy atom. The molecule has 156 valence electrons. The zero-order valence-corrected chi connectivity index (χ0v) is 17.3. The summed E-state index contributed by atoms with van der Waals surface area (Å²) in [6, 6.07) is 7.90. The van der Waals surface area contributed by atoms with Gasteiger partial charge in [-0.2, -0.15) is 5.10 Å². The Balaban J connectivity index is 1.52. The number of aryl methyl sites for hydroxylation is 1. The topological polar surface area (TPSA) is 71.9 Å². The van der Waals surface area contributed by atoms with Crippen LogP contribution in [0.25, 0.3) is 11.0 Å². The highest BCUT2D eigenvalue weighted by atomic mass is 16.5. The monoisotopic (exact) mass is 405 g/mol. The number of likely N-dealkylation sites (tertiary alicyclic amines) is 1. The predicted molar refractivity (Wildman–Crippen MR) is 116 cm³/mol. The van der Waals surface area contributed by atoms with E-state index in [-0.39, 0.29) is 0 Å². The van der Waals surface area contributed by atoms with Crippen LogP contribution < -0.4 is 5.43 Å². The lowest BCUT2D eigenvalue weighted by Gasteiger charge is -2.34. The molecule has 1 unspecified atom stereocenters. The van der Waals surface area contributed by atoms with Crippen molar-refractivity contribution >= 4 is 16.7 Å². The average Bonchev–Trinajstić information content (AvgIpc) is 3.33. The quantitative estimate of drug-likeness (QED) is 0.787. The molecule has 3 aliphatic heterocycles. The number of nitrogens with zero attached hydrogens (tertiary/aromatic N) is 4. The SMILES string of the molecule is Cc1nc2ccccc2nc1C1(NN=C2CCOCC2)C=CC(N2CCCC2)=CO1. The maximum atomic E-state index is 6.36. The summed E-state index contributed by atoms with van der Waals surface area (Å²) in [5, 5.41) is 4.70. The summed E-state index contributed by atoms with van der Waals surface area (Å²) in [6.07, 6.45) is 10.1. The standard InChI is InChI=1S/C23H27N5O2/c1-17-22(25-21-7-3-2-6-20(21)24-17)23(27-26-18-9-14-29-15-10-18)11-8-19(16-30-23)28-12-4-5-13-28/h2-3,6-8,11,16,27H,4-5,9-10,12-15H2,1H3. The van der Waals surface area contributed by atoms with Crippen LogP contribution in [0.3, 0.4) is 0 Å². The van der Waals surface area contributed by atoms with Crippen molar-refractivity contribution < 1.29 is 9.47 Å². The van der Waals surface area contributed by atoms with Gasteiger partial charge in [-0.05, 0) is 44.1 Å². The summed E-state index contributed by atoms with van der Waals surface area (Å²) in [6.45, 7) is 5.51. The fourth-order valence-electron chi connectivity index (χ4n) is 4.16. The molecule has 7 heteroatoms. The fraction of sp³-hybridized carbons (Fsp3) is 0.435. The van der Waals surface area contributed by atoms with Crippen molar-refractivity contribution in [3.05, 3.63) is 59.8 Å². The first-order chi connectivity index (χ1) is 14.7. The molecule has 2 saturated heterocycles. The molecule has 0 radical (unpaired) electrons. The van der Waals surface area contributed by atoms with Crippen LogP contribution in [0.4, 0.5) is 0 Å². The number of fused-ring (bicyclic) bond motifs is 1. The molecule has 0 spiro atoms. The number of para-hydroxylation sites is 2. The molecule has 5 rings (SSSR count). The van der Waals surface area contributed by atoms with Crippen molar-refractivity contribution in [3.63, 3.8) is 0 Å². The van der Waals surface area contributed by atoms with Gasteiger partial charge in [0.1, 0.15) is 12.0 Å². The lowest BCUT2D eigenvalue weighted by molar-refractivity contribution is 0.0195. The minimum absolute atomic E-state index is 0.706. The number of allylic oxidation sites excluding steroid dienone is 1. The van der Waals surface area contributed by atoms with Crippen LogP contribution in [0.1, 0.15) is 37.1 Å². The Hall–Kier alpha value is -2.93. The second-order valence-corrected chi connectivity index (χ2v) is 7.97. The van der Waals surface area contributed by atoms with Crippen molar-refractivity contribution in [3.8, 4) is 0 Å². The Morgan fingerprint density at radius 3 is 2.50 bits per heavy atom. The number of rotatable bonds is 4. The molecule has 0 saturated carbocycles. The van der Waals surface area contributed by atoms with E-state index < -0.39 is 5.72 Å². The van der Waals surface area contributed by atoms with Gasteiger partial charge in [-0.25, -0.2) is 9.97 Å². The molecule has 1 atom stereocenters. The highest BCUT2D eigenvalue weighted by Crippen LogP contribution is 2.32. The van der Waals surface area contributed by atoms with Crippen LogP contribution in [-0.4, -0.2) is 46.9 Å². The third-order valence-corrected chi connectivity index (χ3v) is 5.87. The number of benzene rings is 1. The highest BCUT2D eigenvalue weighted by Gasteiger charge is 2.38. The Kier molecular flexibility index (Phi) is 5.12. The molecule has 0 bridgehead atoms. The number of hydrazone groups is 1. The van der Waals surface area contributed by atoms with Gasteiger partial charge in [-0.3, -0.25) is 5.43 Å². The molecular formula is C23H27N5O2. The molecule has 1 aromatic heterocycles. The Bertz CT molecular complexity index is 1020. The van der Waals surface area contributed by atoms with Gasteiger partial charge in [0.05, 0.1) is 35.6 Å². The van der Waals surface area contributed by atoms with Crippen LogP contribution in [0, 0.1) is 6.92 Å². The summed E-state index contributed by atoms with van der Waals surface area (Å²) in [5.74, 6) is 0. The number of nitrogens with one attached hydrogen (secondary N) is 1. The number of hydrogen-bond donors (Lipinski definition) is 1. The summed E-state index contributed by atoms with van der Waals surface area (Å²) in [7, 11) is 0. The van der Waals surface area contributed by atoms with Gasteiger partial charge in [-0.1, -0.05) is 12.1 Å². The lowest BCUT2D eigenvalue weighted by Crippen LogP contribution is -2.43. The van der Waals surface area contributed by atoms with Crippen molar-refractivity contribution in [2.75, 3.05) is 26.3 Å². The summed E-state index contributed by atoms with van der Waals surface area (Å²) < 4.78 is 11.8. The van der Waals surface area contributed by atoms with Crippen molar-refractivity contribution in [1.29, 1.82) is 0 Å². The molecule has 30 heavy (non-hydrogen) atoms. The van der Waals surface area contributed by atoms with E-state index in [1.54, 1.807) is 0 Å². The number of hydrogen-bond acceptors (Lipinski definition) is 7. The smallest absolute Gasteiger partial charge is 0.259 e.